The van der Waals surface area contributed by atoms with Crippen molar-refractivity contribution in [2.24, 2.45) is 0 Å². The van der Waals surface area contributed by atoms with Crippen LogP contribution in [-0.2, 0) is 27.1 Å². The summed E-state index contributed by atoms with van der Waals surface area (Å²) in [6, 6.07) is 80.6. The molecule has 0 amide bonds. The molecule has 0 fully saturated rings. The van der Waals surface area contributed by atoms with Crippen molar-refractivity contribution in [2.45, 2.75) is 124 Å². The number of para-hydroxylation sites is 1. The molecule has 4 nitrogen and oxygen atoms in total. The van der Waals surface area contributed by atoms with E-state index in [9.17, 15) is 0 Å². The number of rotatable bonds is 10. The van der Waals surface area contributed by atoms with Gasteiger partial charge in [-0.3, -0.25) is 0 Å². The van der Waals surface area contributed by atoms with Crippen molar-refractivity contribution in [3.63, 3.8) is 0 Å². The monoisotopic (exact) mass is 1120 g/mol. The summed E-state index contributed by atoms with van der Waals surface area (Å²) >= 11 is 8.41. The normalized spacial score (nSPS) is 13.3. The van der Waals surface area contributed by atoms with E-state index in [1.54, 1.807) is 0 Å². The third kappa shape index (κ3) is 10.4. The molecule has 0 aliphatic heterocycles. The number of fused-ring (bicyclic) bond motifs is 6. The van der Waals surface area contributed by atoms with Crippen LogP contribution in [0.2, 0.25) is 5.02 Å². The summed E-state index contributed by atoms with van der Waals surface area (Å²) in [6.07, 6.45) is 0. The highest BCUT2D eigenvalue weighted by molar-refractivity contribution is 6.37. The number of anilines is 9. The van der Waals surface area contributed by atoms with E-state index in [0.717, 1.165) is 73.5 Å². The molecule has 1 aromatic heterocycles. The summed E-state index contributed by atoms with van der Waals surface area (Å²) in [5.74, 6) is 0.825. The van der Waals surface area contributed by atoms with Gasteiger partial charge < -0.3 is 19.1 Å². The highest BCUT2D eigenvalue weighted by atomic mass is 35.5. The first-order chi connectivity index (χ1) is 39.8. The van der Waals surface area contributed by atoms with E-state index in [2.05, 4.69) is 318 Å². The maximum absolute atomic E-state index is 8.41. The van der Waals surface area contributed by atoms with Crippen molar-refractivity contribution in [1.82, 2.24) is 0 Å². The molecule has 1 aliphatic carbocycles. The van der Waals surface area contributed by atoms with Crippen LogP contribution in [0, 0.1) is 0 Å². The first-order valence-electron chi connectivity index (χ1n) is 29.8. The molecule has 0 atom stereocenters. The van der Waals surface area contributed by atoms with E-state index in [0.29, 0.717) is 5.02 Å². The molecule has 84 heavy (non-hydrogen) atoms. The van der Waals surface area contributed by atoms with Crippen molar-refractivity contribution in [3.8, 4) is 22.5 Å². The third-order valence-electron chi connectivity index (χ3n) is 17.4. The minimum absolute atomic E-state index is 0.0482. The molecule has 10 aromatic carbocycles. The smallest absolute Gasteiger partial charge is 0.135 e. The van der Waals surface area contributed by atoms with Crippen LogP contribution in [0.25, 0.3) is 44.2 Å². The van der Waals surface area contributed by atoms with Gasteiger partial charge in [0.2, 0.25) is 0 Å². The standard InChI is InChI=1S/C79H78ClN3O/c1-75(2,3)54-26-36-59(37-27-54)82(60-38-28-55(29-39-60)76(4,5)6)69-49-64(50-70(74(69)80)83(61-40-30-56(31-41-61)77(7,8)9)62-42-32-57(33-43-62)78(10,11)12)81(58-34-23-52(24-35-58)72-47-53-20-16-18-22-71(53)84-72)63-44-45-66-68(48-63)79(13,14)67-46-25-51-19-15-17-21-65(51)73(66)67/h15-50H,1-14H3. The Kier molecular flexibility index (Phi) is 13.9. The maximum Gasteiger partial charge on any atom is 0.135 e. The van der Waals surface area contributed by atoms with E-state index in [4.69, 9.17) is 16.0 Å². The summed E-state index contributed by atoms with van der Waals surface area (Å²) in [5.41, 5.74) is 20.2. The zero-order valence-electron chi connectivity index (χ0n) is 51.4. The lowest BCUT2D eigenvalue weighted by Gasteiger charge is -2.35. The Morgan fingerprint density at radius 3 is 1.21 bits per heavy atom. The molecule has 0 unspecified atom stereocenters. The lowest BCUT2D eigenvalue weighted by molar-refractivity contribution is 0.590. The van der Waals surface area contributed by atoms with Crippen LogP contribution in [-0.4, -0.2) is 0 Å². The zero-order chi connectivity index (χ0) is 59.3. The number of halogens is 1. The van der Waals surface area contributed by atoms with Crippen LogP contribution in [0.4, 0.5) is 51.2 Å². The Morgan fingerprint density at radius 1 is 0.357 bits per heavy atom. The van der Waals surface area contributed by atoms with Crippen molar-refractivity contribution in [1.29, 1.82) is 0 Å². The molecule has 0 spiro atoms. The second kappa shape index (κ2) is 20.8. The van der Waals surface area contributed by atoms with Gasteiger partial charge in [0.1, 0.15) is 11.3 Å². The first kappa shape index (κ1) is 56.2. The lowest BCUT2D eigenvalue weighted by atomic mass is 9.82. The molecule has 1 heterocycles. The second-order valence-electron chi connectivity index (χ2n) is 27.8. The molecule has 5 heteroatoms. The van der Waals surface area contributed by atoms with E-state index in [1.807, 2.05) is 12.1 Å². The highest BCUT2D eigenvalue weighted by Crippen LogP contribution is 2.55. The molecular formula is C79H78ClN3O. The second-order valence-corrected chi connectivity index (χ2v) is 28.1. The van der Waals surface area contributed by atoms with Gasteiger partial charge in [0.05, 0.1) is 22.1 Å². The molecule has 0 N–H and O–H groups in total. The predicted molar refractivity (Wildman–Crippen MR) is 361 cm³/mol. The fourth-order valence-electron chi connectivity index (χ4n) is 12.3. The van der Waals surface area contributed by atoms with Crippen LogP contribution < -0.4 is 14.7 Å². The fourth-order valence-corrected chi connectivity index (χ4v) is 12.6. The van der Waals surface area contributed by atoms with Crippen LogP contribution in [0.5, 0.6) is 0 Å². The summed E-state index contributed by atoms with van der Waals surface area (Å²) in [7, 11) is 0. The number of benzene rings is 10. The lowest BCUT2D eigenvalue weighted by Crippen LogP contribution is -2.19. The molecule has 11 aromatic rings. The van der Waals surface area contributed by atoms with Crippen molar-refractivity contribution in [2.75, 3.05) is 14.7 Å². The Hall–Kier alpha value is -8.31. The summed E-state index contributed by atoms with van der Waals surface area (Å²) < 4.78 is 6.49. The number of hydrogen-bond acceptors (Lipinski definition) is 4. The van der Waals surface area contributed by atoms with Crippen molar-refractivity contribution < 1.29 is 4.42 Å². The average Bonchev–Trinajstić information content (AvgIpc) is 1.80. The third-order valence-corrected chi connectivity index (χ3v) is 17.8. The minimum Gasteiger partial charge on any atom is -0.456 e. The average molecular weight is 1120 g/mol. The molecule has 0 saturated carbocycles. The molecule has 0 saturated heterocycles. The van der Waals surface area contributed by atoms with Gasteiger partial charge in [-0.25, -0.2) is 0 Å². The number of hydrogen-bond donors (Lipinski definition) is 0. The molecule has 12 rings (SSSR count). The predicted octanol–water partition coefficient (Wildman–Crippen LogP) is 23.8. The fraction of sp³-hybridized carbons (Fsp3) is 0.241. The Bertz CT molecular complexity index is 3950. The topological polar surface area (TPSA) is 22.9 Å². The minimum atomic E-state index is -0.289. The van der Waals surface area contributed by atoms with Crippen LogP contribution in [0.15, 0.2) is 223 Å². The number of nitrogens with zero attached hydrogens (tertiary/aromatic N) is 3. The first-order valence-corrected chi connectivity index (χ1v) is 30.1. The van der Waals surface area contributed by atoms with E-state index < -0.39 is 0 Å². The Morgan fingerprint density at radius 2 is 0.762 bits per heavy atom. The maximum atomic E-state index is 8.41. The van der Waals surface area contributed by atoms with Crippen LogP contribution >= 0.6 is 11.6 Å². The van der Waals surface area contributed by atoms with Gasteiger partial charge in [-0.05, 0) is 186 Å². The Balaban J connectivity index is 1.16. The quantitative estimate of drug-likeness (QED) is 0.136. The van der Waals surface area contributed by atoms with Crippen LogP contribution in [0.1, 0.15) is 130 Å². The zero-order valence-corrected chi connectivity index (χ0v) is 52.2. The molecule has 0 radical (unpaired) electrons. The van der Waals surface area contributed by atoms with Gasteiger partial charge in [0, 0.05) is 50.5 Å². The van der Waals surface area contributed by atoms with Gasteiger partial charge in [0.15, 0.2) is 0 Å². The Labute approximate surface area is 504 Å². The van der Waals surface area contributed by atoms with E-state index >= 15 is 0 Å². The van der Waals surface area contributed by atoms with E-state index in [-0.39, 0.29) is 27.1 Å². The SMILES string of the molecule is CC(C)(C)c1ccc(N(c2ccc(C(C)(C)C)cc2)c2cc(N(c3ccc(-c4cc5ccccc5o4)cc3)c3ccc4c(c3)C(C)(C)c3ccc5ccccc5c3-4)cc(N(c3ccc(C(C)(C)C)cc3)c3ccc(C(C)(C)C)cc3)c2Cl)cc1. The highest BCUT2D eigenvalue weighted by Gasteiger charge is 2.38. The van der Waals surface area contributed by atoms with E-state index in [1.165, 1.54) is 55.3 Å². The molecule has 1 aliphatic rings. The molecule has 422 valence electrons. The van der Waals surface area contributed by atoms with Gasteiger partial charge in [-0.2, -0.15) is 0 Å². The van der Waals surface area contributed by atoms with Gasteiger partial charge in [-0.1, -0.05) is 218 Å². The summed E-state index contributed by atoms with van der Waals surface area (Å²) in [6.45, 7) is 32.0. The summed E-state index contributed by atoms with van der Waals surface area (Å²) in [4.78, 5) is 7.14. The molecule has 0 bridgehead atoms. The molecular weight excluding hydrogens is 1040 g/mol. The van der Waals surface area contributed by atoms with Crippen molar-refractivity contribution >= 4 is 84.5 Å². The van der Waals surface area contributed by atoms with Gasteiger partial charge >= 0.3 is 0 Å². The van der Waals surface area contributed by atoms with Gasteiger partial charge in [-0.15, -0.1) is 0 Å². The summed E-state index contributed by atoms with van der Waals surface area (Å²) in [5, 5.41) is 4.20. The van der Waals surface area contributed by atoms with Gasteiger partial charge in [0.25, 0.3) is 0 Å². The number of furan rings is 1. The largest absolute Gasteiger partial charge is 0.456 e. The van der Waals surface area contributed by atoms with Crippen molar-refractivity contribution in [3.05, 3.63) is 257 Å². The van der Waals surface area contributed by atoms with Crippen LogP contribution in [0.3, 0.4) is 0 Å².